The van der Waals surface area contributed by atoms with E-state index in [-0.39, 0.29) is 26.0 Å². The van der Waals surface area contributed by atoms with Crippen LogP contribution in [-0.4, -0.2) is 76.1 Å². The van der Waals surface area contributed by atoms with Crippen molar-refractivity contribution < 1.29 is 32.0 Å². The molecule has 0 bridgehead atoms. The van der Waals surface area contributed by atoms with Gasteiger partial charge >= 0.3 is 5.82 Å². The van der Waals surface area contributed by atoms with Crippen molar-refractivity contribution in [2.24, 2.45) is 0 Å². The number of carbonyl (C=O) groups excluding carboxylic acids is 2. The smallest absolute Gasteiger partial charge is 0.327 e. The van der Waals surface area contributed by atoms with E-state index in [4.69, 9.17) is 9.47 Å². The number of aryl methyl sites for hydroxylation is 2. The Labute approximate surface area is 293 Å². The number of sulfone groups is 1. The number of methoxy groups -OCH3 is 2. The summed E-state index contributed by atoms with van der Waals surface area (Å²) in [6, 6.07) is 10.1. The van der Waals surface area contributed by atoms with Gasteiger partial charge in [-0.3, -0.25) is 25.2 Å². The van der Waals surface area contributed by atoms with Gasteiger partial charge in [0.25, 0.3) is 22.2 Å². The molecule has 0 aromatic carbocycles. The number of rotatable bonds is 10. The number of nitrogens with one attached hydrogen (secondary N) is 2. The Kier molecular flexibility index (Phi) is 9.53. The van der Waals surface area contributed by atoms with Crippen LogP contribution in [0.4, 0.5) is 10.3 Å². The van der Waals surface area contributed by atoms with E-state index in [1.54, 1.807) is 41.2 Å². The maximum Gasteiger partial charge on any atom is 0.327 e. The molecule has 16 nitrogen and oxygen atoms in total. The summed E-state index contributed by atoms with van der Waals surface area (Å²) in [5.74, 6) is -0.459. The van der Waals surface area contributed by atoms with E-state index in [9.17, 15) is 18.0 Å². The number of amides is 2. The maximum absolute atomic E-state index is 13.7. The van der Waals surface area contributed by atoms with E-state index in [1.165, 1.54) is 32.7 Å². The van der Waals surface area contributed by atoms with Gasteiger partial charge in [-0.15, -0.1) is 10.2 Å². The van der Waals surface area contributed by atoms with E-state index in [1.807, 2.05) is 19.9 Å². The first-order valence-electron chi connectivity index (χ1n) is 14.5. The summed E-state index contributed by atoms with van der Waals surface area (Å²) in [7, 11) is -0.622. The number of anilines is 2. The predicted molar refractivity (Wildman–Crippen MR) is 184 cm³/mol. The molecule has 6 heterocycles. The van der Waals surface area contributed by atoms with E-state index < -0.39 is 21.7 Å². The molecular weight excluding hydrogens is 705 g/mol. The molecule has 0 fully saturated rings. The van der Waals surface area contributed by atoms with Crippen LogP contribution in [0, 0.1) is 13.8 Å². The predicted octanol–water partition coefficient (Wildman–Crippen LogP) is 3.73. The lowest BCUT2D eigenvalue weighted by Gasteiger charge is -2.12. The first-order chi connectivity index (χ1) is 23.9. The van der Waals surface area contributed by atoms with Crippen molar-refractivity contribution in [1.82, 2.24) is 35.3 Å². The molecule has 0 radical (unpaired) electrons. The lowest BCUT2D eigenvalue weighted by atomic mass is 10.0. The van der Waals surface area contributed by atoms with E-state index in [2.05, 4.69) is 46.0 Å². The Hall–Kier alpha value is -5.79. The van der Waals surface area contributed by atoms with Crippen LogP contribution in [0.5, 0.6) is 10.4 Å². The fourth-order valence-corrected chi connectivity index (χ4v) is 6.44. The van der Waals surface area contributed by atoms with E-state index in [0.29, 0.717) is 50.2 Å². The van der Waals surface area contributed by atoms with Crippen LogP contribution in [0.1, 0.15) is 32.1 Å². The second-order valence-corrected chi connectivity index (χ2v) is 14.5. The van der Waals surface area contributed by atoms with Crippen molar-refractivity contribution in [2.45, 2.75) is 18.9 Å². The Morgan fingerprint density at radius 2 is 1.32 bits per heavy atom. The summed E-state index contributed by atoms with van der Waals surface area (Å²) in [4.78, 5) is 40.1. The summed E-state index contributed by atoms with van der Waals surface area (Å²) in [5.41, 5.74) is 4.18. The number of carbonyl (C=O) groups is 2. The standard InChI is InChI=1S/C31H26N10O6S3/c1-16-10-20(22(14-32-16)26(42)35-28-37-39-30(46-3)48-28)18-6-8-24(33-12-18)41-15-23(27(43)36-29-38-40-31(47-4)49-29)21(11-17(41)2)19-7-9-25(34-13-19)50(5,44)45/h6-15H,1-5H3,(H-,35,36,37,38,42,43)/p+1. The van der Waals surface area contributed by atoms with Gasteiger partial charge in [-0.2, -0.15) is 4.57 Å². The fourth-order valence-electron chi connectivity index (χ4n) is 4.76. The third kappa shape index (κ3) is 7.28. The van der Waals surface area contributed by atoms with Crippen molar-refractivity contribution in [3.05, 3.63) is 83.7 Å². The van der Waals surface area contributed by atoms with Crippen molar-refractivity contribution in [3.8, 4) is 38.5 Å². The van der Waals surface area contributed by atoms with Gasteiger partial charge in [-0.1, -0.05) is 10.2 Å². The maximum atomic E-state index is 13.7. The highest BCUT2D eigenvalue weighted by molar-refractivity contribution is 7.90. The molecule has 0 atom stereocenters. The molecule has 0 aliphatic carbocycles. The molecule has 2 amide bonds. The molecular formula is C31H27N10O6S3+. The number of pyridine rings is 4. The third-order valence-corrected chi connectivity index (χ3v) is 9.75. The van der Waals surface area contributed by atoms with Crippen molar-refractivity contribution in [1.29, 1.82) is 0 Å². The molecule has 0 saturated heterocycles. The van der Waals surface area contributed by atoms with Crippen LogP contribution in [0.25, 0.3) is 28.1 Å². The molecule has 6 aromatic rings. The first kappa shape index (κ1) is 34.1. The first-order valence-corrected chi connectivity index (χ1v) is 18.0. The molecule has 6 rings (SSSR count). The summed E-state index contributed by atoms with van der Waals surface area (Å²) < 4.78 is 35.9. The van der Waals surface area contributed by atoms with Gasteiger partial charge in [0.1, 0.15) is 18.1 Å². The zero-order valence-electron chi connectivity index (χ0n) is 27.0. The van der Waals surface area contributed by atoms with Crippen LogP contribution < -0.4 is 24.7 Å². The van der Waals surface area contributed by atoms with E-state index >= 15 is 0 Å². The van der Waals surface area contributed by atoms with Gasteiger partial charge in [0, 0.05) is 52.7 Å². The molecule has 50 heavy (non-hydrogen) atoms. The minimum absolute atomic E-state index is 0.0920. The summed E-state index contributed by atoms with van der Waals surface area (Å²) >= 11 is 2.14. The second-order valence-electron chi connectivity index (χ2n) is 10.6. The zero-order chi connectivity index (χ0) is 35.6. The molecule has 0 aliphatic rings. The number of ether oxygens (including phenoxy) is 2. The SMILES string of the molecule is COc1nnc(NC(=O)c2cnc(C)cc2-c2ccc(-[n+]3cc(C(=O)Nc4nnc(OC)s4)c(-c4ccc(S(C)(=O)=O)nc4)cc3C)nc2)s1. The summed E-state index contributed by atoms with van der Waals surface area (Å²) in [5, 5.41) is 22.0. The molecule has 2 N–H and O–H groups in total. The van der Waals surface area contributed by atoms with Gasteiger partial charge in [-0.25, -0.2) is 13.4 Å². The number of hydrogen-bond acceptors (Lipinski definition) is 15. The highest BCUT2D eigenvalue weighted by atomic mass is 32.2. The Bertz CT molecular complexity index is 2340. The lowest BCUT2D eigenvalue weighted by Crippen LogP contribution is -2.37. The van der Waals surface area contributed by atoms with Crippen molar-refractivity contribution >= 4 is 54.6 Å². The zero-order valence-corrected chi connectivity index (χ0v) is 29.5. The molecule has 19 heteroatoms. The molecule has 6 aromatic heterocycles. The highest BCUT2D eigenvalue weighted by Gasteiger charge is 2.24. The highest BCUT2D eigenvalue weighted by Crippen LogP contribution is 2.29. The van der Waals surface area contributed by atoms with Crippen LogP contribution in [0.15, 0.2) is 66.2 Å². The number of hydrogen-bond donors (Lipinski definition) is 2. The number of aromatic nitrogens is 8. The van der Waals surface area contributed by atoms with Crippen LogP contribution in [-0.2, 0) is 9.84 Å². The number of nitrogens with zero attached hydrogens (tertiary/aromatic N) is 8. The van der Waals surface area contributed by atoms with Gasteiger partial charge in [0.15, 0.2) is 14.9 Å². The molecule has 0 aliphatic heterocycles. The topological polar surface area (TPSA) is 205 Å². The van der Waals surface area contributed by atoms with Crippen molar-refractivity contribution in [2.75, 3.05) is 31.1 Å². The van der Waals surface area contributed by atoms with Gasteiger partial charge in [0.05, 0.1) is 25.3 Å². The molecule has 0 spiro atoms. The fraction of sp³-hybridized carbons (Fsp3) is 0.161. The monoisotopic (exact) mass is 731 g/mol. The summed E-state index contributed by atoms with van der Waals surface area (Å²) in [6.45, 7) is 3.66. The van der Waals surface area contributed by atoms with Gasteiger partial charge < -0.3 is 9.47 Å². The largest absolute Gasteiger partial charge is 0.472 e. The second kappa shape index (κ2) is 14.0. The Morgan fingerprint density at radius 1 is 0.740 bits per heavy atom. The summed E-state index contributed by atoms with van der Waals surface area (Å²) in [6.07, 6.45) is 7.20. The average Bonchev–Trinajstić information content (AvgIpc) is 3.77. The normalized spacial score (nSPS) is 11.2. The van der Waals surface area contributed by atoms with Gasteiger partial charge in [0.2, 0.25) is 10.3 Å². The lowest BCUT2D eigenvalue weighted by molar-refractivity contribution is -0.606. The third-order valence-electron chi connectivity index (χ3n) is 7.15. The Balaban J connectivity index is 1.37. The molecule has 0 saturated carbocycles. The Morgan fingerprint density at radius 3 is 1.84 bits per heavy atom. The van der Waals surface area contributed by atoms with Gasteiger partial charge in [-0.05, 0) is 71.8 Å². The molecule has 254 valence electrons. The van der Waals surface area contributed by atoms with E-state index in [0.717, 1.165) is 28.9 Å². The van der Waals surface area contributed by atoms with Crippen LogP contribution >= 0.6 is 22.7 Å². The van der Waals surface area contributed by atoms with Crippen LogP contribution in [0.3, 0.4) is 0 Å². The van der Waals surface area contributed by atoms with Crippen LogP contribution in [0.2, 0.25) is 0 Å². The average molecular weight is 732 g/mol. The minimum Gasteiger partial charge on any atom is -0.472 e. The quantitative estimate of drug-likeness (QED) is 0.193. The van der Waals surface area contributed by atoms with Crippen molar-refractivity contribution in [3.63, 3.8) is 0 Å². The molecule has 0 unspecified atom stereocenters. The minimum atomic E-state index is -3.53.